The number of fused-ring (bicyclic) bond motifs is 2. The maximum atomic E-state index is 3.14. The van der Waals surface area contributed by atoms with E-state index in [1.54, 1.807) is 0 Å². The third-order valence-corrected chi connectivity index (χ3v) is 3.14. The molecule has 0 aliphatic heterocycles. The summed E-state index contributed by atoms with van der Waals surface area (Å²) >= 11 is 0. The van der Waals surface area contributed by atoms with Crippen LogP contribution in [-0.4, -0.2) is 14.1 Å². The number of rotatable bonds is 1. The van der Waals surface area contributed by atoms with E-state index in [1.807, 2.05) is 12.1 Å². The van der Waals surface area contributed by atoms with Gasteiger partial charge in [0.05, 0.1) is 0 Å². The molecule has 0 saturated carbocycles. The van der Waals surface area contributed by atoms with Gasteiger partial charge in [-0.05, 0) is 46.5 Å². The molecule has 0 aliphatic carbocycles. The van der Waals surface area contributed by atoms with Gasteiger partial charge < -0.3 is 4.90 Å². The molecule has 0 N–H and O–H groups in total. The van der Waals surface area contributed by atoms with Crippen molar-refractivity contribution in [3.63, 3.8) is 0 Å². The molecule has 1 radical (unpaired) electrons. The molecule has 3 aromatic carbocycles. The molecule has 0 fully saturated rings. The highest BCUT2D eigenvalue weighted by atomic mass is 15.1. The van der Waals surface area contributed by atoms with Crippen LogP contribution in [0.3, 0.4) is 0 Å². The Morgan fingerprint density at radius 2 is 1.82 bits per heavy atom. The molecule has 0 atom stereocenters. The summed E-state index contributed by atoms with van der Waals surface area (Å²) in [5.41, 5.74) is 1.26. The zero-order valence-corrected chi connectivity index (χ0v) is 10.1. The number of hydrogen-bond acceptors (Lipinski definition) is 1. The maximum absolute atomic E-state index is 3.14. The van der Waals surface area contributed by atoms with Crippen molar-refractivity contribution in [3.8, 4) is 0 Å². The minimum atomic E-state index is 1.24. The molecule has 1 heteroatoms. The second-order valence-corrected chi connectivity index (χ2v) is 4.52. The van der Waals surface area contributed by atoms with Crippen molar-refractivity contribution in [2.45, 2.75) is 0 Å². The Hall–Kier alpha value is -2.02. The Bertz CT molecular complexity index is 683. The first-order valence-electron chi connectivity index (χ1n) is 5.75. The summed E-state index contributed by atoms with van der Waals surface area (Å²) in [6.45, 7) is 0. The van der Waals surface area contributed by atoms with Crippen LogP contribution in [-0.2, 0) is 0 Å². The van der Waals surface area contributed by atoms with E-state index < -0.39 is 0 Å². The van der Waals surface area contributed by atoms with Crippen molar-refractivity contribution in [1.82, 2.24) is 0 Å². The Labute approximate surface area is 101 Å². The first-order chi connectivity index (χ1) is 8.25. The normalized spacial score (nSPS) is 10.9. The fraction of sp³-hybridized carbons (Fsp3) is 0.125. The van der Waals surface area contributed by atoms with Crippen LogP contribution in [0.1, 0.15) is 0 Å². The Morgan fingerprint density at radius 3 is 2.65 bits per heavy atom. The van der Waals surface area contributed by atoms with Crippen LogP contribution in [0, 0.1) is 6.07 Å². The molecular formula is C16H14N. The van der Waals surface area contributed by atoms with E-state index in [9.17, 15) is 0 Å². The van der Waals surface area contributed by atoms with Gasteiger partial charge in [-0.1, -0.05) is 24.3 Å². The Balaban J connectivity index is 2.43. The third kappa shape index (κ3) is 1.64. The smallest absolute Gasteiger partial charge is 0.0440 e. The fourth-order valence-corrected chi connectivity index (χ4v) is 2.28. The summed E-state index contributed by atoms with van der Waals surface area (Å²) in [7, 11) is 4.16. The van der Waals surface area contributed by atoms with Gasteiger partial charge >= 0.3 is 0 Å². The summed E-state index contributed by atoms with van der Waals surface area (Å²) < 4.78 is 0. The van der Waals surface area contributed by atoms with Crippen LogP contribution >= 0.6 is 0 Å². The Kier molecular flexibility index (Phi) is 2.25. The first kappa shape index (κ1) is 10.2. The van der Waals surface area contributed by atoms with Gasteiger partial charge in [0.2, 0.25) is 0 Å². The highest BCUT2D eigenvalue weighted by Crippen LogP contribution is 2.29. The maximum Gasteiger partial charge on any atom is 0.0440 e. The van der Waals surface area contributed by atoms with Gasteiger partial charge in [-0.15, -0.1) is 0 Å². The number of nitrogens with zero attached hydrogens (tertiary/aromatic N) is 1. The van der Waals surface area contributed by atoms with E-state index in [1.165, 1.54) is 27.2 Å². The average Bonchev–Trinajstić information content (AvgIpc) is 2.35. The standard InChI is InChI=1S/C16H14N/c1-17(2)16-9-5-8-14-10-12-6-3-4-7-13(12)11-15(14)16/h3,5-11H,1-2H3. The van der Waals surface area contributed by atoms with Gasteiger partial charge in [0.15, 0.2) is 0 Å². The Morgan fingerprint density at radius 1 is 0.941 bits per heavy atom. The molecule has 0 heterocycles. The van der Waals surface area contributed by atoms with Crippen LogP contribution in [0.2, 0.25) is 0 Å². The molecule has 0 spiro atoms. The molecule has 3 aromatic rings. The topological polar surface area (TPSA) is 3.24 Å². The molecule has 0 saturated heterocycles. The van der Waals surface area contributed by atoms with Crippen LogP contribution in [0.25, 0.3) is 21.5 Å². The number of anilines is 1. The molecule has 0 amide bonds. The van der Waals surface area contributed by atoms with Crippen molar-refractivity contribution >= 4 is 27.2 Å². The van der Waals surface area contributed by atoms with E-state index in [2.05, 4.69) is 61.5 Å². The van der Waals surface area contributed by atoms with Crippen LogP contribution in [0.4, 0.5) is 5.69 Å². The van der Waals surface area contributed by atoms with E-state index in [4.69, 9.17) is 0 Å². The molecule has 0 aliphatic rings. The molecular weight excluding hydrogens is 206 g/mol. The van der Waals surface area contributed by atoms with Crippen molar-refractivity contribution in [3.05, 3.63) is 54.6 Å². The highest BCUT2D eigenvalue weighted by molar-refractivity contribution is 6.03. The van der Waals surface area contributed by atoms with Crippen molar-refractivity contribution in [1.29, 1.82) is 0 Å². The van der Waals surface area contributed by atoms with Gasteiger partial charge in [0.1, 0.15) is 0 Å². The summed E-state index contributed by atoms with van der Waals surface area (Å²) in [4.78, 5) is 2.15. The van der Waals surface area contributed by atoms with Crippen LogP contribution in [0.5, 0.6) is 0 Å². The van der Waals surface area contributed by atoms with Gasteiger partial charge in [-0.25, -0.2) is 0 Å². The summed E-state index contributed by atoms with van der Waals surface area (Å²) in [6, 6.07) is 20.2. The van der Waals surface area contributed by atoms with Crippen molar-refractivity contribution in [2.75, 3.05) is 19.0 Å². The molecule has 3 rings (SSSR count). The molecule has 1 nitrogen and oxygen atoms in total. The van der Waals surface area contributed by atoms with Gasteiger partial charge in [-0.2, -0.15) is 0 Å². The van der Waals surface area contributed by atoms with E-state index in [0.717, 1.165) is 0 Å². The van der Waals surface area contributed by atoms with Gasteiger partial charge in [-0.3, -0.25) is 0 Å². The average molecular weight is 220 g/mol. The first-order valence-corrected chi connectivity index (χ1v) is 5.75. The molecule has 17 heavy (non-hydrogen) atoms. The minimum Gasteiger partial charge on any atom is -0.377 e. The quantitative estimate of drug-likeness (QED) is 0.563. The number of hydrogen-bond donors (Lipinski definition) is 0. The predicted octanol–water partition coefficient (Wildman–Crippen LogP) is 3.86. The summed E-state index contributed by atoms with van der Waals surface area (Å²) in [5.74, 6) is 0. The van der Waals surface area contributed by atoms with Crippen molar-refractivity contribution < 1.29 is 0 Å². The molecule has 83 valence electrons. The predicted molar refractivity (Wildman–Crippen MR) is 74.6 cm³/mol. The lowest BCUT2D eigenvalue weighted by Crippen LogP contribution is -2.08. The third-order valence-electron chi connectivity index (χ3n) is 3.14. The summed E-state index contributed by atoms with van der Waals surface area (Å²) in [6.07, 6.45) is 0. The lowest BCUT2D eigenvalue weighted by atomic mass is 10.0. The highest BCUT2D eigenvalue weighted by Gasteiger charge is 2.03. The largest absolute Gasteiger partial charge is 0.377 e. The number of benzene rings is 3. The molecule has 0 aromatic heterocycles. The van der Waals surface area contributed by atoms with Gasteiger partial charge in [0, 0.05) is 25.2 Å². The molecule has 0 bridgehead atoms. The lowest BCUT2D eigenvalue weighted by molar-refractivity contribution is 1.14. The fourth-order valence-electron chi connectivity index (χ4n) is 2.28. The summed E-state index contributed by atoms with van der Waals surface area (Å²) in [5, 5.41) is 5.10. The van der Waals surface area contributed by atoms with Crippen LogP contribution in [0.15, 0.2) is 48.5 Å². The second kappa shape index (κ2) is 3.77. The minimum absolute atomic E-state index is 1.24. The van der Waals surface area contributed by atoms with E-state index >= 15 is 0 Å². The van der Waals surface area contributed by atoms with E-state index in [-0.39, 0.29) is 0 Å². The lowest BCUT2D eigenvalue weighted by Gasteiger charge is -2.15. The second-order valence-electron chi connectivity index (χ2n) is 4.52. The van der Waals surface area contributed by atoms with Crippen LogP contribution < -0.4 is 4.90 Å². The SMILES string of the molecule is CN(C)c1cccc2cc3cc[c]cc3cc12. The van der Waals surface area contributed by atoms with Crippen molar-refractivity contribution in [2.24, 2.45) is 0 Å². The molecule has 0 unspecified atom stereocenters. The van der Waals surface area contributed by atoms with E-state index in [0.29, 0.717) is 0 Å². The monoisotopic (exact) mass is 220 g/mol. The zero-order valence-electron chi connectivity index (χ0n) is 10.1. The zero-order chi connectivity index (χ0) is 11.8. The van der Waals surface area contributed by atoms with Gasteiger partial charge in [0.25, 0.3) is 0 Å².